The first-order valence-electron chi connectivity index (χ1n) is 6.36. The molecule has 0 aliphatic heterocycles. The molecule has 0 spiro atoms. The first kappa shape index (κ1) is 11.7. The van der Waals surface area contributed by atoms with Gasteiger partial charge in [-0.15, -0.1) is 0 Å². The Bertz CT molecular complexity index is 280. The van der Waals surface area contributed by atoms with E-state index in [1.165, 1.54) is 19.3 Å². The minimum atomic E-state index is -0.398. The molecule has 1 amide bonds. The maximum atomic E-state index is 11.7. The highest BCUT2D eigenvalue weighted by Gasteiger charge is 2.46. The minimum Gasteiger partial charge on any atom is -0.444 e. The summed E-state index contributed by atoms with van der Waals surface area (Å²) in [6.45, 7) is 7.95. The van der Waals surface area contributed by atoms with E-state index in [0.717, 1.165) is 5.92 Å². The number of rotatable bonds is 1. The predicted molar refractivity (Wildman–Crippen MR) is 63.2 cm³/mol. The van der Waals surface area contributed by atoms with Crippen LogP contribution in [-0.2, 0) is 4.74 Å². The summed E-state index contributed by atoms with van der Waals surface area (Å²) in [5.74, 6) is 2.13. The third kappa shape index (κ3) is 2.33. The van der Waals surface area contributed by atoms with E-state index >= 15 is 0 Å². The predicted octanol–water partition coefficient (Wildman–Crippen LogP) is 2.95. The topological polar surface area (TPSA) is 38.3 Å². The molecular formula is C13H23NO2. The molecule has 0 heterocycles. The molecule has 2 saturated carbocycles. The van der Waals surface area contributed by atoms with Crippen molar-refractivity contribution in [2.45, 2.75) is 58.6 Å². The van der Waals surface area contributed by atoms with Crippen molar-refractivity contribution in [2.24, 2.45) is 17.8 Å². The van der Waals surface area contributed by atoms with Crippen molar-refractivity contribution in [1.29, 1.82) is 0 Å². The molecule has 0 saturated heterocycles. The standard InChI is InChI=1S/C13H23NO2/c1-8-9-5-6-10(7-9)11(8)14-12(15)16-13(2,3)4/h8-11H,5-7H2,1-4H3,(H,14,15). The lowest BCUT2D eigenvalue weighted by Crippen LogP contribution is -2.45. The lowest BCUT2D eigenvalue weighted by Gasteiger charge is -2.30. The third-order valence-electron chi connectivity index (χ3n) is 4.02. The summed E-state index contributed by atoms with van der Waals surface area (Å²) in [7, 11) is 0. The molecule has 0 aromatic carbocycles. The molecule has 2 fully saturated rings. The summed E-state index contributed by atoms with van der Waals surface area (Å²) in [6.07, 6.45) is 3.66. The third-order valence-corrected chi connectivity index (χ3v) is 4.02. The fourth-order valence-corrected chi connectivity index (χ4v) is 3.27. The highest BCUT2D eigenvalue weighted by Crippen LogP contribution is 2.48. The van der Waals surface area contributed by atoms with Crippen molar-refractivity contribution < 1.29 is 9.53 Å². The van der Waals surface area contributed by atoms with Gasteiger partial charge in [-0.3, -0.25) is 0 Å². The zero-order valence-electron chi connectivity index (χ0n) is 10.7. The van der Waals surface area contributed by atoms with Gasteiger partial charge in [0.1, 0.15) is 5.60 Å². The number of hydrogen-bond acceptors (Lipinski definition) is 2. The Labute approximate surface area is 97.9 Å². The molecule has 1 N–H and O–H groups in total. The Morgan fingerprint density at radius 2 is 1.88 bits per heavy atom. The fourth-order valence-electron chi connectivity index (χ4n) is 3.27. The second-order valence-corrected chi connectivity index (χ2v) is 6.36. The highest BCUT2D eigenvalue weighted by molar-refractivity contribution is 5.68. The number of alkyl carbamates (subject to hydrolysis) is 1. The van der Waals surface area contributed by atoms with E-state index < -0.39 is 5.60 Å². The summed E-state index contributed by atoms with van der Waals surface area (Å²) in [5.41, 5.74) is -0.398. The minimum absolute atomic E-state index is 0.253. The van der Waals surface area contributed by atoms with E-state index in [1.807, 2.05) is 20.8 Å². The van der Waals surface area contributed by atoms with Crippen LogP contribution < -0.4 is 5.32 Å². The summed E-state index contributed by atoms with van der Waals surface area (Å²) in [4.78, 5) is 11.7. The van der Waals surface area contributed by atoms with Crippen LogP contribution in [0, 0.1) is 17.8 Å². The van der Waals surface area contributed by atoms with Crippen molar-refractivity contribution in [1.82, 2.24) is 5.32 Å². The van der Waals surface area contributed by atoms with Crippen LogP contribution in [0.4, 0.5) is 4.79 Å². The Morgan fingerprint density at radius 1 is 1.25 bits per heavy atom. The van der Waals surface area contributed by atoms with Crippen LogP contribution in [0.3, 0.4) is 0 Å². The van der Waals surface area contributed by atoms with Crippen molar-refractivity contribution in [3.8, 4) is 0 Å². The van der Waals surface area contributed by atoms with E-state index in [-0.39, 0.29) is 6.09 Å². The van der Waals surface area contributed by atoms with Crippen LogP contribution in [0.2, 0.25) is 0 Å². The Morgan fingerprint density at radius 3 is 2.38 bits per heavy atom. The van der Waals surface area contributed by atoms with Crippen LogP contribution in [0.25, 0.3) is 0 Å². The maximum Gasteiger partial charge on any atom is 0.407 e. The number of fused-ring (bicyclic) bond motifs is 2. The number of hydrogen-bond donors (Lipinski definition) is 1. The number of carbonyl (C=O) groups is 1. The van der Waals surface area contributed by atoms with E-state index in [0.29, 0.717) is 17.9 Å². The SMILES string of the molecule is CC1C2CCC(C2)C1NC(=O)OC(C)(C)C. The van der Waals surface area contributed by atoms with Gasteiger partial charge in [0, 0.05) is 6.04 Å². The van der Waals surface area contributed by atoms with E-state index in [1.54, 1.807) is 0 Å². The molecule has 16 heavy (non-hydrogen) atoms. The second-order valence-electron chi connectivity index (χ2n) is 6.36. The van der Waals surface area contributed by atoms with Gasteiger partial charge in [-0.25, -0.2) is 4.79 Å². The van der Waals surface area contributed by atoms with Gasteiger partial charge < -0.3 is 10.1 Å². The molecule has 4 unspecified atom stereocenters. The molecule has 2 aliphatic rings. The Kier molecular flexibility index (Phi) is 2.89. The number of amides is 1. The monoisotopic (exact) mass is 225 g/mol. The zero-order valence-corrected chi connectivity index (χ0v) is 10.7. The summed E-state index contributed by atoms with van der Waals surface area (Å²) < 4.78 is 5.31. The molecule has 2 rings (SSSR count). The summed E-state index contributed by atoms with van der Waals surface area (Å²) in [6, 6.07) is 0.341. The molecule has 92 valence electrons. The molecule has 0 aromatic rings. The quantitative estimate of drug-likeness (QED) is 0.745. The number of ether oxygens (including phenoxy) is 1. The number of nitrogens with one attached hydrogen (secondary N) is 1. The first-order chi connectivity index (χ1) is 7.37. The second kappa shape index (κ2) is 3.94. The molecule has 2 aliphatic carbocycles. The van der Waals surface area contributed by atoms with Gasteiger partial charge >= 0.3 is 6.09 Å². The summed E-state index contributed by atoms with van der Waals surface area (Å²) in [5, 5.41) is 3.06. The molecule has 4 atom stereocenters. The van der Waals surface area contributed by atoms with Crippen molar-refractivity contribution in [3.05, 3.63) is 0 Å². The number of carbonyl (C=O) groups excluding carboxylic acids is 1. The smallest absolute Gasteiger partial charge is 0.407 e. The van der Waals surface area contributed by atoms with Gasteiger partial charge in [-0.2, -0.15) is 0 Å². The molecule has 3 heteroatoms. The van der Waals surface area contributed by atoms with Crippen LogP contribution in [0.1, 0.15) is 47.0 Å². The average molecular weight is 225 g/mol. The maximum absolute atomic E-state index is 11.7. The van der Waals surface area contributed by atoms with Gasteiger partial charge in [0.05, 0.1) is 0 Å². The van der Waals surface area contributed by atoms with Gasteiger partial charge in [0.25, 0.3) is 0 Å². The van der Waals surface area contributed by atoms with Crippen molar-refractivity contribution >= 4 is 6.09 Å². The lowest BCUT2D eigenvalue weighted by molar-refractivity contribution is 0.0467. The van der Waals surface area contributed by atoms with Crippen molar-refractivity contribution in [2.75, 3.05) is 0 Å². The first-order valence-corrected chi connectivity index (χ1v) is 6.36. The van der Waals surface area contributed by atoms with Crippen LogP contribution in [0.15, 0.2) is 0 Å². The van der Waals surface area contributed by atoms with Crippen LogP contribution >= 0.6 is 0 Å². The van der Waals surface area contributed by atoms with Gasteiger partial charge in [0.15, 0.2) is 0 Å². The van der Waals surface area contributed by atoms with Crippen molar-refractivity contribution in [3.63, 3.8) is 0 Å². The Hall–Kier alpha value is -0.730. The zero-order chi connectivity index (χ0) is 11.9. The Balaban J connectivity index is 1.88. The van der Waals surface area contributed by atoms with Gasteiger partial charge in [-0.05, 0) is 57.8 Å². The normalized spacial score (nSPS) is 37.5. The van der Waals surface area contributed by atoms with E-state index in [4.69, 9.17) is 4.74 Å². The molecule has 0 radical (unpaired) electrons. The average Bonchev–Trinajstić information content (AvgIpc) is 2.66. The van der Waals surface area contributed by atoms with Gasteiger partial charge in [-0.1, -0.05) is 6.92 Å². The lowest BCUT2D eigenvalue weighted by atomic mass is 9.86. The fraction of sp³-hybridized carbons (Fsp3) is 0.923. The highest BCUT2D eigenvalue weighted by atomic mass is 16.6. The van der Waals surface area contributed by atoms with Crippen LogP contribution in [0.5, 0.6) is 0 Å². The molecular weight excluding hydrogens is 202 g/mol. The van der Waals surface area contributed by atoms with Crippen LogP contribution in [-0.4, -0.2) is 17.7 Å². The molecule has 3 nitrogen and oxygen atoms in total. The van der Waals surface area contributed by atoms with E-state index in [2.05, 4.69) is 12.2 Å². The molecule has 0 aromatic heterocycles. The van der Waals surface area contributed by atoms with Gasteiger partial charge in [0.2, 0.25) is 0 Å². The molecule has 2 bridgehead atoms. The summed E-state index contributed by atoms with van der Waals surface area (Å²) >= 11 is 0. The van der Waals surface area contributed by atoms with E-state index in [9.17, 15) is 4.79 Å². The largest absolute Gasteiger partial charge is 0.444 e.